The average Bonchev–Trinajstić information content (AvgIpc) is 2.76. The third-order valence-corrected chi connectivity index (χ3v) is 4.30. The first-order chi connectivity index (χ1) is 13.8. The zero-order valence-electron chi connectivity index (χ0n) is 15.9. The first-order valence-electron chi connectivity index (χ1n) is 9.28. The Hall–Kier alpha value is -3.34. The number of aromatic nitrogens is 1. The Morgan fingerprint density at radius 2 is 1.68 bits per heavy atom. The molecule has 28 heavy (non-hydrogen) atoms. The number of nitrogens with one attached hydrogen (secondary N) is 1. The number of ether oxygens (including phenoxy) is 2. The minimum absolute atomic E-state index is 0.0298. The largest absolute Gasteiger partial charge is 0.497 e. The van der Waals surface area contributed by atoms with Crippen molar-refractivity contribution in [2.24, 2.45) is 0 Å². The Labute approximate surface area is 165 Å². The molecule has 3 aromatic rings. The number of rotatable bonds is 9. The van der Waals surface area contributed by atoms with Gasteiger partial charge < -0.3 is 14.8 Å². The van der Waals surface area contributed by atoms with E-state index < -0.39 is 0 Å². The fourth-order valence-corrected chi connectivity index (χ4v) is 2.85. The van der Waals surface area contributed by atoms with Crippen LogP contribution in [0.25, 0.3) is 0 Å². The van der Waals surface area contributed by atoms with Gasteiger partial charge in [0.15, 0.2) is 0 Å². The Balaban J connectivity index is 1.52. The maximum atomic E-state index is 12.5. The average molecular weight is 376 g/mol. The molecule has 3 rings (SSSR count). The lowest BCUT2D eigenvalue weighted by Crippen LogP contribution is -2.30. The Morgan fingerprint density at radius 3 is 2.36 bits per heavy atom. The van der Waals surface area contributed by atoms with Gasteiger partial charge in [-0.05, 0) is 48.4 Å². The molecule has 5 nitrogen and oxygen atoms in total. The zero-order valence-corrected chi connectivity index (χ0v) is 15.9. The maximum absolute atomic E-state index is 12.5. The van der Waals surface area contributed by atoms with Gasteiger partial charge in [0.05, 0.1) is 25.5 Å². The van der Waals surface area contributed by atoms with E-state index in [0.717, 1.165) is 22.8 Å². The molecule has 0 aliphatic heterocycles. The predicted octanol–water partition coefficient (Wildman–Crippen LogP) is 4.16. The standard InChI is InChI=1S/C23H24N2O3/c1-27-19-12-14-20(15-13-19)28-17-7-11-22(26)25-23(18-8-3-2-4-9-18)21-10-5-6-16-24-21/h2-6,8-10,12-16,23H,7,11,17H2,1H3,(H,25,26). The molecule has 0 aliphatic carbocycles. The van der Waals surface area contributed by atoms with Crippen LogP contribution in [0, 0.1) is 0 Å². The highest BCUT2D eigenvalue weighted by atomic mass is 16.5. The molecule has 0 radical (unpaired) electrons. The van der Waals surface area contributed by atoms with Gasteiger partial charge in [0.2, 0.25) is 5.91 Å². The number of benzene rings is 2. The van der Waals surface area contributed by atoms with Crippen LogP contribution in [0.5, 0.6) is 11.5 Å². The van der Waals surface area contributed by atoms with Crippen molar-refractivity contribution in [1.29, 1.82) is 0 Å². The lowest BCUT2D eigenvalue weighted by Gasteiger charge is -2.19. The second-order valence-electron chi connectivity index (χ2n) is 6.29. The number of pyridine rings is 1. The van der Waals surface area contributed by atoms with Crippen LogP contribution in [0.2, 0.25) is 0 Å². The second-order valence-corrected chi connectivity index (χ2v) is 6.29. The molecule has 0 fully saturated rings. The van der Waals surface area contributed by atoms with E-state index >= 15 is 0 Å². The lowest BCUT2D eigenvalue weighted by molar-refractivity contribution is -0.121. The van der Waals surface area contributed by atoms with E-state index in [2.05, 4.69) is 10.3 Å². The number of amides is 1. The molecule has 0 spiro atoms. The van der Waals surface area contributed by atoms with Crippen LogP contribution in [-0.4, -0.2) is 24.6 Å². The van der Waals surface area contributed by atoms with Crippen LogP contribution < -0.4 is 14.8 Å². The normalized spacial score (nSPS) is 11.5. The summed E-state index contributed by atoms with van der Waals surface area (Å²) in [5.74, 6) is 1.52. The number of carbonyl (C=O) groups is 1. The van der Waals surface area contributed by atoms with Gasteiger partial charge in [-0.2, -0.15) is 0 Å². The summed E-state index contributed by atoms with van der Waals surface area (Å²) in [6, 6.07) is 22.7. The zero-order chi connectivity index (χ0) is 19.6. The van der Waals surface area contributed by atoms with E-state index in [1.165, 1.54) is 0 Å². The van der Waals surface area contributed by atoms with Crippen LogP contribution in [0.15, 0.2) is 79.0 Å². The minimum atomic E-state index is -0.266. The molecule has 1 heterocycles. The fourth-order valence-electron chi connectivity index (χ4n) is 2.85. The number of hydrogen-bond acceptors (Lipinski definition) is 4. The van der Waals surface area contributed by atoms with Crippen LogP contribution >= 0.6 is 0 Å². The van der Waals surface area contributed by atoms with E-state index in [9.17, 15) is 4.79 Å². The minimum Gasteiger partial charge on any atom is -0.497 e. The molecule has 5 heteroatoms. The second kappa shape index (κ2) is 10.1. The molecule has 1 aromatic heterocycles. The van der Waals surface area contributed by atoms with E-state index in [4.69, 9.17) is 9.47 Å². The van der Waals surface area contributed by atoms with Gasteiger partial charge >= 0.3 is 0 Å². The topological polar surface area (TPSA) is 60.5 Å². The quantitative estimate of drug-likeness (QED) is 0.570. The predicted molar refractivity (Wildman–Crippen MR) is 108 cm³/mol. The third kappa shape index (κ3) is 5.58. The van der Waals surface area contributed by atoms with Gasteiger partial charge in [-0.25, -0.2) is 0 Å². The summed E-state index contributed by atoms with van der Waals surface area (Å²) in [5, 5.41) is 3.09. The van der Waals surface area contributed by atoms with Crippen molar-refractivity contribution in [2.75, 3.05) is 13.7 Å². The summed E-state index contributed by atoms with van der Waals surface area (Å²) < 4.78 is 10.8. The van der Waals surface area contributed by atoms with Crippen molar-refractivity contribution in [1.82, 2.24) is 10.3 Å². The first kappa shape index (κ1) is 19.4. The molecule has 0 aliphatic rings. The summed E-state index contributed by atoms with van der Waals surface area (Å²) in [6.07, 6.45) is 2.74. The molecule has 1 amide bonds. The monoisotopic (exact) mass is 376 g/mol. The van der Waals surface area contributed by atoms with Gasteiger partial charge in [0.25, 0.3) is 0 Å². The summed E-state index contributed by atoms with van der Waals surface area (Å²) in [7, 11) is 1.63. The molecular formula is C23H24N2O3. The molecule has 144 valence electrons. The maximum Gasteiger partial charge on any atom is 0.220 e. The fraction of sp³-hybridized carbons (Fsp3) is 0.217. The van der Waals surface area contributed by atoms with Gasteiger partial charge in [-0.1, -0.05) is 36.4 Å². The Bertz CT molecular complexity index is 813. The van der Waals surface area contributed by atoms with E-state index in [1.54, 1.807) is 13.3 Å². The number of methoxy groups -OCH3 is 1. The van der Waals surface area contributed by atoms with Gasteiger partial charge in [-0.3, -0.25) is 9.78 Å². The molecule has 1 N–H and O–H groups in total. The van der Waals surface area contributed by atoms with Crippen molar-refractivity contribution in [3.05, 3.63) is 90.3 Å². The van der Waals surface area contributed by atoms with Gasteiger partial charge in [0.1, 0.15) is 11.5 Å². The SMILES string of the molecule is COc1ccc(OCCCC(=O)NC(c2ccccc2)c2ccccn2)cc1. The van der Waals surface area contributed by atoms with E-state index in [-0.39, 0.29) is 11.9 Å². The molecule has 1 unspecified atom stereocenters. The molecule has 1 atom stereocenters. The molecular weight excluding hydrogens is 352 g/mol. The van der Waals surface area contributed by atoms with Gasteiger partial charge in [-0.15, -0.1) is 0 Å². The third-order valence-electron chi connectivity index (χ3n) is 4.30. The molecule has 0 saturated carbocycles. The van der Waals surface area contributed by atoms with Crippen molar-refractivity contribution in [3.8, 4) is 11.5 Å². The van der Waals surface area contributed by atoms with Crippen LogP contribution in [0.3, 0.4) is 0 Å². The van der Waals surface area contributed by atoms with E-state index in [0.29, 0.717) is 19.4 Å². The lowest BCUT2D eigenvalue weighted by atomic mass is 10.0. The van der Waals surface area contributed by atoms with E-state index in [1.807, 2.05) is 72.8 Å². The van der Waals surface area contributed by atoms with Crippen molar-refractivity contribution in [2.45, 2.75) is 18.9 Å². The van der Waals surface area contributed by atoms with Crippen LogP contribution in [0.1, 0.15) is 30.1 Å². The summed E-state index contributed by atoms with van der Waals surface area (Å²) in [6.45, 7) is 0.472. The van der Waals surface area contributed by atoms with Crippen LogP contribution in [-0.2, 0) is 4.79 Å². The summed E-state index contributed by atoms with van der Waals surface area (Å²) >= 11 is 0. The van der Waals surface area contributed by atoms with Crippen molar-refractivity contribution in [3.63, 3.8) is 0 Å². The Morgan fingerprint density at radius 1 is 0.964 bits per heavy atom. The highest BCUT2D eigenvalue weighted by Crippen LogP contribution is 2.20. The highest BCUT2D eigenvalue weighted by Gasteiger charge is 2.17. The van der Waals surface area contributed by atoms with Gasteiger partial charge in [0, 0.05) is 12.6 Å². The summed E-state index contributed by atoms with van der Waals surface area (Å²) in [4.78, 5) is 16.9. The number of carbonyl (C=O) groups excluding carboxylic acids is 1. The Kier molecular flexibility index (Phi) is 7.01. The van der Waals surface area contributed by atoms with Crippen LogP contribution in [0.4, 0.5) is 0 Å². The molecule has 2 aromatic carbocycles. The molecule has 0 saturated heterocycles. The number of nitrogens with zero attached hydrogens (tertiary/aromatic N) is 1. The molecule has 0 bridgehead atoms. The highest BCUT2D eigenvalue weighted by molar-refractivity contribution is 5.76. The first-order valence-corrected chi connectivity index (χ1v) is 9.28. The number of hydrogen-bond donors (Lipinski definition) is 1. The smallest absolute Gasteiger partial charge is 0.220 e. The summed E-state index contributed by atoms with van der Waals surface area (Å²) in [5.41, 5.74) is 1.82. The van der Waals surface area contributed by atoms with Crippen molar-refractivity contribution < 1.29 is 14.3 Å². The van der Waals surface area contributed by atoms with Crippen molar-refractivity contribution >= 4 is 5.91 Å².